The van der Waals surface area contributed by atoms with Crippen molar-refractivity contribution in [2.45, 2.75) is 46.5 Å². The third-order valence-electron chi connectivity index (χ3n) is 2.07. The van der Waals surface area contributed by atoms with E-state index in [0.29, 0.717) is 5.92 Å². The first-order valence-electron chi connectivity index (χ1n) is 4.82. The van der Waals surface area contributed by atoms with Gasteiger partial charge in [0.15, 0.2) is 0 Å². The molecule has 12 heavy (non-hydrogen) atoms. The van der Waals surface area contributed by atoms with Gasteiger partial charge < -0.3 is 5.21 Å². The highest BCUT2D eigenvalue weighted by Crippen LogP contribution is 2.13. The maximum atomic E-state index is 8.20. The maximum absolute atomic E-state index is 8.20. The highest BCUT2D eigenvalue weighted by molar-refractivity contribution is 5.56. The second kappa shape index (κ2) is 7.14. The Labute approximate surface area is 75.7 Å². The van der Waals surface area contributed by atoms with Crippen molar-refractivity contribution in [1.82, 2.24) is 0 Å². The van der Waals surface area contributed by atoms with E-state index in [1.54, 1.807) is 6.21 Å². The molecule has 1 atom stereocenters. The van der Waals surface area contributed by atoms with Crippen molar-refractivity contribution in [3.63, 3.8) is 0 Å². The van der Waals surface area contributed by atoms with Gasteiger partial charge in [-0.15, -0.1) is 5.16 Å². The van der Waals surface area contributed by atoms with Crippen LogP contribution in [0.1, 0.15) is 46.5 Å². The van der Waals surface area contributed by atoms with Crippen LogP contribution < -0.4 is 0 Å². The lowest BCUT2D eigenvalue weighted by Gasteiger charge is -2.08. The predicted octanol–water partition coefficient (Wildman–Crippen LogP) is 3.30. The number of hydrogen-bond acceptors (Lipinski definition) is 2. The Balaban J connectivity index is 3.25. The molecule has 72 valence electrons. The first-order valence-corrected chi connectivity index (χ1v) is 4.82. The minimum absolute atomic E-state index is 0.652. The van der Waals surface area contributed by atoms with E-state index in [1.165, 1.54) is 19.3 Å². The van der Waals surface area contributed by atoms with E-state index < -0.39 is 0 Å². The molecule has 0 spiro atoms. The van der Waals surface area contributed by atoms with Gasteiger partial charge in [0.05, 0.1) is 0 Å². The summed E-state index contributed by atoms with van der Waals surface area (Å²) in [7, 11) is 0. The SMILES string of the molecule is CC(C)CCC[C@H](C)C/C=N/O. The smallest absolute Gasteiger partial charge is 0.0438 e. The van der Waals surface area contributed by atoms with Gasteiger partial charge in [0.1, 0.15) is 0 Å². The van der Waals surface area contributed by atoms with Gasteiger partial charge in [-0.05, 0) is 18.3 Å². The Bertz CT molecular complexity index is 121. The van der Waals surface area contributed by atoms with Gasteiger partial charge in [0.2, 0.25) is 0 Å². The molecule has 0 saturated carbocycles. The molecule has 0 unspecified atom stereocenters. The van der Waals surface area contributed by atoms with Gasteiger partial charge in [-0.2, -0.15) is 0 Å². The second-order valence-electron chi connectivity index (χ2n) is 3.96. The molecule has 0 aliphatic heterocycles. The molecule has 0 fully saturated rings. The third kappa shape index (κ3) is 7.58. The highest BCUT2D eigenvalue weighted by atomic mass is 16.4. The van der Waals surface area contributed by atoms with Crippen molar-refractivity contribution in [3.05, 3.63) is 0 Å². The zero-order valence-corrected chi connectivity index (χ0v) is 8.45. The van der Waals surface area contributed by atoms with Crippen molar-refractivity contribution >= 4 is 6.21 Å². The van der Waals surface area contributed by atoms with Crippen LogP contribution in [0.5, 0.6) is 0 Å². The van der Waals surface area contributed by atoms with E-state index in [9.17, 15) is 0 Å². The molecule has 0 aliphatic rings. The maximum Gasteiger partial charge on any atom is 0.0438 e. The Morgan fingerprint density at radius 1 is 1.25 bits per heavy atom. The molecule has 2 nitrogen and oxygen atoms in total. The van der Waals surface area contributed by atoms with Crippen LogP contribution in [0.15, 0.2) is 5.16 Å². The van der Waals surface area contributed by atoms with Gasteiger partial charge in [-0.3, -0.25) is 0 Å². The Hall–Kier alpha value is -0.530. The quantitative estimate of drug-likeness (QED) is 0.371. The summed E-state index contributed by atoms with van der Waals surface area (Å²) in [5, 5.41) is 11.2. The summed E-state index contributed by atoms with van der Waals surface area (Å²) in [5.74, 6) is 1.46. The van der Waals surface area contributed by atoms with Gasteiger partial charge in [-0.25, -0.2) is 0 Å². The molecule has 0 amide bonds. The fourth-order valence-electron chi connectivity index (χ4n) is 1.22. The van der Waals surface area contributed by atoms with Crippen LogP contribution >= 0.6 is 0 Å². The molecule has 0 aromatic carbocycles. The van der Waals surface area contributed by atoms with Gasteiger partial charge in [0, 0.05) is 6.21 Å². The molecule has 0 aliphatic carbocycles. The second-order valence-corrected chi connectivity index (χ2v) is 3.96. The molecule has 0 aromatic heterocycles. The number of nitrogens with zero attached hydrogens (tertiary/aromatic N) is 1. The van der Waals surface area contributed by atoms with Crippen LogP contribution in [-0.2, 0) is 0 Å². The highest BCUT2D eigenvalue weighted by Gasteiger charge is 2.01. The molecule has 0 heterocycles. The van der Waals surface area contributed by atoms with Crippen LogP contribution in [-0.4, -0.2) is 11.4 Å². The summed E-state index contributed by atoms with van der Waals surface area (Å²) in [6.45, 7) is 6.70. The molecule has 0 rings (SSSR count). The van der Waals surface area contributed by atoms with E-state index >= 15 is 0 Å². The lowest BCUT2D eigenvalue weighted by molar-refractivity contribution is 0.319. The molecule has 1 N–H and O–H groups in total. The normalized spacial score (nSPS) is 14.3. The van der Waals surface area contributed by atoms with Crippen LogP contribution in [0.4, 0.5) is 0 Å². The summed E-state index contributed by atoms with van der Waals surface area (Å²) < 4.78 is 0. The first kappa shape index (κ1) is 11.5. The Kier molecular flexibility index (Phi) is 6.82. The number of rotatable bonds is 6. The van der Waals surface area contributed by atoms with Crippen LogP contribution in [0.2, 0.25) is 0 Å². The Morgan fingerprint density at radius 2 is 1.92 bits per heavy atom. The number of hydrogen-bond donors (Lipinski definition) is 1. The van der Waals surface area contributed by atoms with Gasteiger partial charge >= 0.3 is 0 Å². The molecule has 2 heteroatoms. The van der Waals surface area contributed by atoms with Crippen molar-refractivity contribution < 1.29 is 5.21 Å². The summed E-state index contributed by atoms with van der Waals surface area (Å²) >= 11 is 0. The summed E-state index contributed by atoms with van der Waals surface area (Å²) in [4.78, 5) is 0. The molecule has 0 radical (unpaired) electrons. The topological polar surface area (TPSA) is 32.6 Å². The first-order chi connectivity index (χ1) is 5.66. The summed E-state index contributed by atoms with van der Waals surface area (Å²) in [6, 6.07) is 0. The van der Waals surface area contributed by atoms with Crippen LogP contribution in [0.25, 0.3) is 0 Å². The van der Waals surface area contributed by atoms with Crippen molar-refractivity contribution in [1.29, 1.82) is 0 Å². The zero-order chi connectivity index (χ0) is 9.40. The van der Waals surface area contributed by atoms with E-state index in [0.717, 1.165) is 12.3 Å². The standard InChI is InChI=1S/C10H21NO/c1-9(2)5-4-6-10(3)7-8-11-12/h8-10,12H,4-7H2,1-3H3/b11-8+/t10-/m0/s1. The lowest BCUT2D eigenvalue weighted by Crippen LogP contribution is -1.97. The fourth-order valence-corrected chi connectivity index (χ4v) is 1.22. The summed E-state index contributed by atoms with van der Waals surface area (Å²) in [5.41, 5.74) is 0. The monoisotopic (exact) mass is 171 g/mol. The van der Waals surface area contributed by atoms with Crippen molar-refractivity contribution in [2.75, 3.05) is 0 Å². The molecule has 0 aromatic rings. The third-order valence-corrected chi connectivity index (χ3v) is 2.07. The lowest BCUT2D eigenvalue weighted by atomic mass is 9.98. The van der Waals surface area contributed by atoms with E-state index in [1.807, 2.05) is 0 Å². The van der Waals surface area contributed by atoms with Crippen molar-refractivity contribution in [2.24, 2.45) is 17.0 Å². The Morgan fingerprint density at radius 3 is 2.42 bits per heavy atom. The molecule has 0 saturated heterocycles. The average molecular weight is 171 g/mol. The minimum atomic E-state index is 0.652. The van der Waals surface area contributed by atoms with Crippen LogP contribution in [0, 0.1) is 11.8 Å². The van der Waals surface area contributed by atoms with Gasteiger partial charge in [0.25, 0.3) is 0 Å². The predicted molar refractivity (Wildman–Crippen MR) is 52.7 cm³/mol. The van der Waals surface area contributed by atoms with Crippen molar-refractivity contribution in [3.8, 4) is 0 Å². The van der Waals surface area contributed by atoms with Crippen LogP contribution in [0.3, 0.4) is 0 Å². The van der Waals surface area contributed by atoms with E-state index in [4.69, 9.17) is 5.21 Å². The minimum Gasteiger partial charge on any atom is -0.411 e. The molecule has 0 bridgehead atoms. The van der Waals surface area contributed by atoms with Gasteiger partial charge in [-0.1, -0.05) is 40.0 Å². The van der Waals surface area contributed by atoms with E-state index in [2.05, 4.69) is 25.9 Å². The molecular formula is C10H21NO. The zero-order valence-electron chi connectivity index (χ0n) is 8.45. The molecular weight excluding hydrogens is 150 g/mol. The average Bonchev–Trinajstić information content (AvgIpc) is 2.00. The fraction of sp³-hybridized carbons (Fsp3) is 0.900. The largest absolute Gasteiger partial charge is 0.411 e. The summed E-state index contributed by atoms with van der Waals surface area (Å²) in [6.07, 6.45) is 6.32. The number of oxime groups is 1. The van der Waals surface area contributed by atoms with E-state index in [-0.39, 0.29) is 0 Å².